The van der Waals surface area contributed by atoms with Crippen molar-refractivity contribution in [2.45, 2.75) is 32.3 Å². The fourth-order valence-corrected chi connectivity index (χ4v) is 1.51. The van der Waals surface area contributed by atoms with Crippen molar-refractivity contribution in [1.82, 2.24) is 0 Å². The fourth-order valence-electron chi connectivity index (χ4n) is 1.51. The second-order valence-corrected chi connectivity index (χ2v) is 5.07. The molecule has 1 aromatic rings. The van der Waals surface area contributed by atoms with Crippen molar-refractivity contribution in [2.24, 2.45) is 0 Å². The molecular formula is C15H21FO3. The molecule has 0 saturated carbocycles. The first-order chi connectivity index (χ1) is 8.94. The van der Waals surface area contributed by atoms with Crippen LogP contribution in [0.25, 0.3) is 0 Å². The molecule has 1 rings (SSSR count). The second kappa shape index (κ2) is 7.36. The number of carbonyl (C=O) groups is 1. The Morgan fingerprint density at radius 2 is 2.00 bits per heavy atom. The molecule has 0 radical (unpaired) electrons. The molecule has 0 aromatic heterocycles. The van der Waals surface area contributed by atoms with Gasteiger partial charge in [0, 0.05) is 20.1 Å². The summed E-state index contributed by atoms with van der Waals surface area (Å²) < 4.78 is 23.9. The molecule has 0 atom stereocenters. The number of rotatable bonds is 8. The zero-order valence-electron chi connectivity index (χ0n) is 11.7. The van der Waals surface area contributed by atoms with Crippen LogP contribution in [0.4, 0.5) is 4.39 Å². The van der Waals surface area contributed by atoms with Gasteiger partial charge in [-0.15, -0.1) is 0 Å². The number of ketones is 1. The Labute approximate surface area is 113 Å². The lowest BCUT2D eigenvalue weighted by Gasteiger charge is -2.22. The summed E-state index contributed by atoms with van der Waals surface area (Å²) in [5.41, 5.74) is 0.155. The first kappa shape index (κ1) is 15.8. The lowest BCUT2D eigenvalue weighted by atomic mass is 10.1. The van der Waals surface area contributed by atoms with Crippen LogP contribution < -0.4 is 0 Å². The van der Waals surface area contributed by atoms with Crippen LogP contribution in [0.3, 0.4) is 0 Å². The number of carbonyl (C=O) groups excluding carboxylic acids is 1. The monoisotopic (exact) mass is 268 g/mol. The maximum atomic E-state index is 13.3. The maximum Gasteiger partial charge on any atom is 0.162 e. The van der Waals surface area contributed by atoms with Crippen LogP contribution in [0.1, 0.15) is 25.8 Å². The summed E-state index contributed by atoms with van der Waals surface area (Å²) in [6, 6.07) is 6.28. The highest BCUT2D eigenvalue weighted by atomic mass is 19.1. The molecule has 0 bridgehead atoms. The molecule has 0 amide bonds. The van der Waals surface area contributed by atoms with Crippen molar-refractivity contribution >= 4 is 5.78 Å². The minimum Gasteiger partial charge on any atom is -0.379 e. The van der Waals surface area contributed by atoms with E-state index in [9.17, 15) is 9.18 Å². The molecule has 4 heteroatoms. The largest absolute Gasteiger partial charge is 0.379 e. The Hall–Kier alpha value is -1.26. The molecule has 0 aliphatic rings. The van der Waals surface area contributed by atoms with E-state index in [1.165, 1.54) is 6.07 Å². The molecule has 106 valence electrons. The van der Waals surface area contributed by atoms with Crippen molar-refractivity contribution in [3.8, 4) is 0 Å². The molecule has 0 N–H and O–H groups in total. The molecular weight excluding hydrogens is 247 g/mol. The Morgan fingerprint density at radius 1 is 1.32 bits per heavy atom. The van der Waals surface area contributed by atoms with Gasteiger partial charge in [0.15, 0.2) is 5.78 Å². The molecule has 0 unspecified atom stereocenters. The van der Waals surface area contributed by atoms with E-state index < -0.39 is 0 Å². The highest BCUT2D eigenvalue weighted by Gasteiger charge is 2.16. The fraction of sp³-hybridized carbons (Fsp3) is 0.533. The summed E-state index contributed by atoms with van der Waals surface area (Å²) in [4.78, 5) is 11.6. The molecule has 0 fully saturated rings. The summed E-state index contributed by atoms with van der Waals surface area (Å²) in [5.74, 6) is -0.475. The van der Waals surface area contributed by atoms with Crippen LogP contribution in [-0.2, 0) is 20.7 Å². The van der Waals surface area contributed by atoms with Crippen molar-refractivity contribution in [3.63, 3.8) is 0 Å². The lowest BCUT2D eigenvalue weighted by Crippen LogP contribution is -2.25. The van der Waals surface area contributed by atoms with E-state index >= 15 is 0 Å². The predicted octanol–water partition coefficient (Wildman–Crippen LogP) is 2.77. The van der Waals surface area contributed by atoms with Gasteiger partial charge in [0.25, 0.3) is 0 Å². The van der Waals surface area contributed by atoms with Gasteiger partial charge in [0.05, 0.1) is 5.60 Å². The third kappa shape index (κ3) is 5.94. The van der Waals surface area contributed by atoms with Crippen LogP contribution in [0.5, 0.6) is 0 Å². The van der Waals surface area contributed by atoms with Crippen LogP contribution in [0.15, 0.2) is 24.3 Å². The Bertz CT molecular complexity index is 416. The smallest absolute Gasteiger partial charge is 0.162 e. The summed E-state index contributed by atoms with van der Waals surface area (Å²) in [6.45, 7) is 4.37. The molecule has 19 heavy (non-hydrogen) atoms. The summed E-state index contributed by atoms with van der Waals surface area (Å²) >= 11 is 0. The Morgan fingerprint density at radius 3 is 2.63 bits per heavy atom. The molecule has 0 aliphatic heterocycles. The van der Waals surface area contributed by atoms with E-state index in [2.05, 4.69) is 0 Å². The van der Waals surface area contributed by atoms with E-state index in [0.29, 0.717) is 18.6 Å². The molecule has 1 aromatic carbocycles. The predicted molar refractivity (Wildman–Crippen MR) is 71.6 cm³/mol. The van der Waals surface area contributed by atoms with Gasteiger partial charge in [-0.1, -0.05) is 18.2 Å². The third-order valence-corrected chi connectivity index (χ3v) is 3.01. The van der Waals surface area contributed by atoms with Crippen molar-refractivity contribution in [1.29, 1.82) is 0 Å². The minimum atomic E-state index is -0.351. The molecule has 0 heterocycles. The van der Waals surface area contributed by atoms with E-state index in [-0.39, 0.29) is 30.2 Å². The van der Waals surface area contributed by atoms with Crippen molar-refractivity contribution in [3.05, 3.63) is 35.6 Å². The average molecular weight is 268 g/mol. The van der Waals surface area contributed by atoms with Gasteiger partial charge in [-0.05, 0) is 31.9 Å². The summed E-state index contributed by atoms with van der Waals surface area (Å²) in [5, 5.41) is 0. The van der Waals surface area contributed by atoms with Gasteiger partial charge < -0.3 is 9.47 Å². The van der Waals surface area contributed by atoms with Gasteiger partial charge >= 0.3 is 0 Å². The minimum absolute atomic E-state index is 0.00806. The molecule has 0 aliphatic carbocycles. The first-order valence-electron chi connectivity index (χ1n) is 6.32. The summed E-state index contributed by atoms with van der Waals surface area (Å²) in [7, 11) is 1.64. The third-order valence-electron chi connectivity index (χ3n) is 3.01. The van der Waals surface area contributed by atoms with Crippen LogP contribution >= 0.6 is 0 Å². The number of Topliss-reactive ketones (excluding diaryl/α,β-unsaturated/α-hetero) is 1. The number of hydrogen-bond acceptors (Lipinski definition) is 3. The highest BCUT2D eigenvalue weighted by Crippen LogP contribution is 2.12. The van der Waals surface area contributed by atoms with Gasteiger partial charge in [-0.3, -0.25) is 4.79 Å². The first-order valence-corrected chi connectivity index (χ1v) is 6.32. The molecule has 0 saturated heterocycles. The summed E-state index contributed by atoms with van der Waals surface area (Å²) in [6.07, 6.45) is 0.775. The van der Waals surface area contributed by atoms with Gasteiger partial charge in [-0.2, -0.15) is 0 Å². The van der Waals surface area contributed by atoms with E-state index in [1.54, 1.807) is 25.3 Å². The lowest BCUT2D eigenvalue weighted by molar-refractivity contribution is -0.123. The van der Waals surface area contributed by atoms with E-state index in [0.717, 1.165) is 0 Å². The SMILES string of the molecule is COC(C)(C)CCOCC(=O)Cc1ccccc1F. The number of ether oxygens (including phenoxy) is 2. The van der Waals surface area contributed by atoms with Gasteiger partial charge in [-0.25, -0.2) is 4.39 Å². The second-order valence-electron chi connectivity index (χ2n) is 5.07. The quantitative estimate of drug-likeness (QED) is 0.680. The van der Waals surface area contributed by atoms with E-state index in [4.69, 9.17) is 9.47 Å². The zero-order chi connectivity index (χ0) is 14.3. The topological polar surface area (TPSA) is 35.5 Å². The van der Waals surface area contributed by atoms with E-state index in [1.807, 2.05) is 13.8 Å². The maximum absolute atomic E-state index is 13.3. The van der Waals surface area contributed by atoms with Crippen LogP contribution in [-0.4, -0.2) is 31.7 Å². The molecule has 3 nitrogen and oxygen atoms in total. The number of methoxy groups -OCH3 is 1. The highest BCUT2D eigenvalue weighted by molar-refractivity contribution is 5.82. The zero-order valence-corrected chi connectivity index (χ0v) is 11.7. The number of halogens is 1. The Kier molecular flexibility index (Phi) is 6.12. The van der Waals surface area contributed by atoms with Crippen LogP contribution in [0.2, 0.25) is 0 Å². The number of benzene rings is 1. The molecule has 0 spiro atoms. The van der Waals surface area contributed by atoms with Crippen molar-refractivity contribution in [2.75, 3.05) is 20.3 Å². The van der Waals surface area contributed by atoms with Gasteiger partial charge in [0.1, 0.15) is 12.4 Å². The average Bonchev–Trinajstić information content (AvgIpc) is 2.38. The van der Waals surface area contributed by atoms with Gasteiger partial charge in [0.2, 0.25) is 0 Å². The van der Waals surface area contributed by atoms with Crippen LogP contribution in [0, 0.1) is 5.82 Å². The number of hydrogen-bond donors (Lipinski definition) is 0. The normalized spacial score (nSPS) is 11.6. The van der Waals surface area contributed by atoms with Crippen molar-refractivity contribution < 1.29 is 18.7 Å². The Balaban J connectivity index is 2.28. The standard InChI is InChI=1S/C15H21FO3/c1-15(2,18-3)8-9-19-11-13(17)10-12-6-4-5-7-14(12)16/h4-7H,8-11H2,1-3H3.